The van der Waals surface area contributed by atoms with Crippen LogP contribution in [-0.4, -0.2) is 23.9 Å². The fourth-order valence-corrected chi connectivity index (χ4v) is 5.43. The molecule has 4 aromatic rings. The molecule has 3 aromatic carbocycles. The number of halogens is 1. The van der Waals surface area contributed by atoms with Crippen LogP contribution in [0.15, 0.2) is 90.1 Å². The highest BCUT2D eigenvalue weighted by molar-refractivity contribution is 7.97. The standard InChI is InChI=1S/C32H36ClN5OS/c1-6-10-29-30(34-4)21-38(37-29)31-16-14-26(36-22(3)17-24-11-8-9-12-28(24)33)19-32(31)40-35-20-25-13-15-27(39-5)18-23(25)7-2/h6,8-16,18-19,21,34-36H,3,7,17,20H2,1-2,4-5H3/b10-6-. The molecule has 0 amide bonds. The topological polar surface area (TPSA) is 63.1 Å². The summed E-state index contributed by atoms with van der Waals surface area (Å²) in [6, 6.07) is 20.3. The Bertz CT molecular complexity index is 1500. The molecule has 0 bridgehead atoms. The van der Waals surface area contributed by atoms with E-state index in [2.05, 4.69) is 53.1 Å². The van der Waals surface area contributed by atoms with Crippen molar-refractivity contribution in [2.75, 3.05) is 24.8 Å². The van der Waals surface area contributed by atoms with E-state index in [-0.39, 0.29) is 0 Å². The number of nitrogens with zero attached hydrogens (tertiary/aromatic N) is 2. The zero-order valence-electron chi connectivity index (χ0n) is 23.4. The number of aryl methyl sites for hydroxylation is 1. The van der Waals surface area contributed by atoms with Crippen LogP contribution in [-0.2, 0) is 19.4 Å². The smallest absolute Gasteiger partial charge is 0.119 e. The van der Waals surface area contributed by atoms with E-state index in [1.54, 1.807) is 19.1 Å². The molecule has 0 saturated carbocycles. The van der Waals surface area contributed by atoms with Crippen molar-refractivity contribution < 1.29 is 4.74 Å². The molecule has 6 nitrogen and oxygen atoms in total. The van der Waals surface area contributed by atoms with E-state index in [1.807, 2.05) is 73.4 Å². The van der Waals surface area contributed by atoms with E-state index in [9.17, 15) is 0 Å². The fraction of sp³-hybridized carbons (Fsp3) is 0.219. The second-order valence-electron chi connectivity index (χ2n) is 9.21. The van der Waals surface area contributed by atoms with Crippen LogP contribution in [0.4, 0.5) is 11.4 Å². The van der Waals surface area contributed by atoms with E-state index >= 15 is 0 Å². The summed E-state index contributed by atoms with van der Waals surface area (Å²) in [6.45, 7) is 9.10. The number of nitrogens with one attached hydrogen (secondary N) is 3. The van der Waals surface area contributed by atoms with Gasteiger partial charge in [-0.3, -0.25) is 4.72 Å². The lowest BCUT2D eigenvalue weighted by Crippen LogP contribution is -2.08. The van der Waals surface area contributed by atoms with Crippen LogP contribution in [0.25, 0.3) is 11.8 Å². The maximum Gasteiger partial charge on any atom is 0.119 e. The highest BCUT2D eigenvalue weighted by Gasteiger charge is 2.13. The van der Waals surface area contributed by atoms with Crippen LogP contribution in [0.5, 0.6) is 5.75 Å². The van der Waals surface area contributed by atoms with Crippen LogP contribution in [0.2, 0.25) is 5.02 Å². The Morgan fingerprint density at radius 1 is 1.10 bits per heavy atom. The van der Waals surface area contributed by atoms with Crippen molar-refractivity contribution in [2.45, 2.75) is 38.1 Å². The number of rotatable bonds is 13. The molecule has 0 aliphatic heterocycles. The lowest BCUT2D eigenvalue weighted by Gasteiger charge is -2.16. The number of allylic oxidation sites excluding steroid dienone is 2. The van der Waals surface area contributed by atoms with Gasteiger partial charge in [0.25, 0.3) is 0 Å². The molecule has 3 N–H and O–H groups in total. The van der Waals surface area contributed by atoms with Crippen LogP contribution < -0.4 is 20.1 Å². The van der Waals surface area contributed by atoms with Crippen molar-refractivity contribution in [1.29, 1.82) is 0 Å². The number of hydrogen-bond donors (Lipinski definition) is 3. The van der Waals surface area contributed by atoms with Crippen molar-refractivity contribution in [3.63, 3.8) is 0 Å². The number of methoxy groups -OCH3 is 1. The zero-order valence-corrected chi connectivity index (χ0v) is 25.0. The van der Waals surface area contributed by atoms with Crippen molar-refractivity contribution in [1.82, 2.24) is 14.5 Å². The van der Waals surface area contributed by atoms with Gasteiger partial charge in [0.1, 0.15) is 11.4 Å². The van der Waals surface area contributed by atoms with E-state index in [4.69, 9.17) is 21.4 Å². The van der Waals surface area contributed by atoms with Crippen molar-refractivity contribution in [2.24, 2.45) is 0 Å². The van der Waals surface area contributed by atoms with Gasteiger partial charge in [-0.1, -0.05) is 55.4 Å². The predicted octanol–water partition coefficient (Wildman–Crippen LogP) is 8.14. The highest BCUT2D eigenvalue weighted by atomic mass is 35.5. The summed E-state index contributed by atoms with van der Waals surface area (Å²) in [4.78, 5) is 1.03. The third-order valence-electron chi connectivity index (χ3n) is 6.47. The van der Waals surface area contributed by atoms with Gasteiger partial charge in [0.15, 0.2) is 0 Å². The van der Waals surface area contributed by atoms with E-state index in [1.165, 1.54) is 11.1 Å². The third-order valence-corrected chi connectivity index (χ3v) is 7.67. The average molecular weight is 574 g/mol. The summed E-state index contributed by atoms with van der Waals surface area (Å²) in [7, 11) is 3.61. The van der Waals surface area contributed by atoms with Crippen LogP contribution in [0.3, 0.4) is 0 Å². The first-order valence-corrected chi connectivity index (χ1v) is 14.4. The number of hydrogen-bond acceptors (Lipinski definition) is 6. The second kappa shape index (κ2) is 14.1. The number of aromatic nitrogens is 2. The van der Waals surface area contributed by atoms with Crippen molar-refractivity contribution in [3.8, 4) is 11.4 Å². The van der Waals surface area contributed by atoms with E-state index < -0.39 is 0 Å². The largest absolute Gasteiger partial charge is 0.497 e. The summed E-state index contributed by atoms with van der Waals surface area (Å²) in [5, 5.41) is 12.3. The average Bonchev–Trinajstić information content (AvgIpc) is 3.37. The van der Waals surface area contributed by atoms with Gasteiger partial charge in [-0.15, -0.1) is 0 Å². The van der Waals surface area contributed by atoms with Crippen molar-refractivity contribution in [3.05, 3.63) is 113 Å². The summed E-state index contributed by atoms with van der Waals surface area (Å²) < 4.78 is 10.9. The Kier molecular flexibility index (Phi) is 10.4. The first-order chi connectivity index (χ1) is 19.4. The quantitative estimate of drug-likeness (QED) is 0.140. The molecule has 0 unspecified atom stereocenters. The predicted molar refractivity (Wildman–Crippen MR) is 171 cm³/mol. The monoisotopic (exact) mass is 573 g/mol. The van der Waals surface area contributed by atoms with Gasteiger partial charge in [0.2, 0.25) is 0 Å². The molecule has 0 saturated heterocycles. The molecule has 40 heavy (non-hydrogen) atoms. The van der Waals surface area contributed by atoms with E-state index in [0.29, 0.717) is 13.0 Å². The Morgan fingerprint density at radius 2 is 1.93 bits per heavy atom. The molecule has 1 heterocycles. The van der Waals surface area contributed by atoms with Crippen LogP contribution >= 0.6 is 23.5 Å². The van der Waals surface area contributed by atoms with E-state index in [0.717, 1.165) is 56.1 Å². The van der Waals surface area contributed by atoms with Gasteiger partial charge < -0.3 is 15.4 Å². The maximum absolute atomic E-state index is 6.37. The Labute approximate surface area is 246 Å². The Balaban J connectivity index is 1.59. The third kappa shape index (κ3) is 7.30. The molecule has 0 spiro atoms. The van der Waals surface area contributed by atoms with Crippen LogP contribution in [0, 0.1) is 0 Å². The number of anilines is 2. The first-order valence-electron chi connectivity index (χ1n) is 13.2. The van der Waals surface area contributed by atoms with Crippen LogP contribution in [0.1, 0.15) is 36.2 Å². The maximum atomic E-state index is 6.37. The van der Waals surface area contributed by atoms with Gasteiger partial charge in [-0.05, 0) is 84.5 Å². The molecule has 0 radical (unpaired) electrons. The zero-order chi connectivity index (χ0) is 28.5. The van der Waals surface area contributed by atoms with Gasteiger partial charge in [-0.25, -0.2) is 4.68 Å². The summed E-state index contributed by atoms with van der Waals surface area (Å²) in [5.74, 6) is 0.877. The minimum atomic E-state index is 0.636. The lowest BCUT2D eigenvalue weighted by atomic mass is 10.1. The minimum Gasteiger partial charge on any atom is -0.497 e. The second-order valence-corrected chi connectivity index (χ2v) is 10.6. The van der Waals surface area contributed by atoms with Gasteiger partial charge >= 0.3 is 0 Å². The molecule has 0 atom stereocenters. The highest BCUT2D eigenvalue weighted by Crippen LogP contribution is 2.31. The minimum absolute atomic E-state index is 0.636. The molecule has 8 heteroatoms. The molecule has 4 rings (SSSR count). The van der Waals surface area contributed by atoms with Gasteiger partial charge in [-0.2, -0.15) is 5.10 Å². The fourth-order valence-electron chi connectivity index (χ4n) is 4.39. The Morgan fingerprint density at radius 3 is 2.65 bits per heavy atom. The SMILES string of the molecule is C=C(Cc1ccccc1Cl)Nc1ccc(-n2cc(NC)c(/C=C\C)n2)c(SNCc2ccc(OC)cc2CC)c1. The molecule has 208 valence electrons. The molecule has 0 fully saturated rings. The number of ether oxygens (including phenoxy) is 1. The summed E-state index contributed by atoms with van der Waals surface area (Å²) in [5.41, 5.74) is 8.16. The Hall–Kier alpha value is -3.65. The first kappa shape index (κ1) is 29.3. The molecular formula is C32H36ClN5OS. The lowest BCUT2D eigenvalue weighted by molar-refractivity contribution is 0.414. The summed E-state index contributed by atoms with van der Waals surface area (Å²) >= 11 is 7.95. The molecule has 1 aromatic heterocycles. The molecular weight excluding hydrogens is 538 g/mol. The number of benzene rings is 3. The van der Waals surface area contributed by atoms with Gasteiger partial charge in [0.05, 0.1) is 29.6 Å². The van der Waals surface area contributed by atoms with Gasteiger partial charge in [0, 0.05) is 36.4 Å². The van der Waals surface area contributed by atoms with Crippen molar-refractivity contribution >= 4 is 41.0 Å². The normalized spacial score (nSPS) is 11.1. The summed E-state index contributed by atoms with van der Waals surface area (Å²) in [6.07, 6.45) is 7.57. The molecule has 0 aliphatic carbocycles. The molecule has 0 aliphatic rings.